The van der Waals surface area contributed by atoms with Gasteiger partial charge in [0.2, 0.25) is 0 Å². The van der Waals surface area contributed by atoms with E-state index in [1.54, 1.807) is 6.20 Å². The van der Waals surface area contributed by atoms with Crippen molar-refractivity contribution in [2.24, 2.45) is 0 Å². The number of carbonyl (C=O) groups is 1. The number of anilines is 3. The molecule has 2 aromatic heterocycles. The van der Waals surface area contributed by atoms with E-state index < -0.39 is 0 Å². The van der Waals surface area contributed by atoms with E-state index in [9.17, 15) is 9.90 Å². The molecule has 3 aromatic rings. The van der Waals surface area contributed by atoms with E-state index in [-0.39, 0.29) is 18.3 Å². The second-order valence-electron chi connectivity index (χ2n) is 7.84. The molecular formula is C22H24ClN5O2S. The molecule has 0 amide bonds. The molecular weight excluding hydrogens is 434 g/mol. The fourth-order valence-corrected chi connectivity index (χ4v) is 4.86. The van der Waals surface area contributed by atoms with Crippen LogP contribution in [0.5, 0.6) is 0 Å². The summed E-state index contributed by atoms with van der Waals surface area (Å²) in [6.07, 6.45) is 2.22. The van der Waals surface area contributed by atoms with Gasteiger partial charge in [0, 0.05) is 30.6 Å². The van der Waals surface area contributed by atoms with Crippen molar-refractivity contribution < 1.29 is 9.90 Å². The van der Waals surface area contributed by atoms with Crippen LogP contribution in [0.25, 0.3) is 0 Å². The van der Waals surface area contributed by atoms with Crippen molar-refractivity contribution >= 4 is 45.5 Å². The lowest BCUT2D eigenvalue weighted by molar-refractivity contribution is 0.0996. The first-order valence-corrected chi connectivity index (χ1v) is 11.3. The average Bonchev–Trinajstić information content (AvgIpc) is 3.33. The zero-order valence-electron chi connectivity index (χ0n) is 17.6. The van der Waals surface area contributed by atoms with Crippen molar-refractivity contribution in [2.45, 2.75) is 39.7 Å². The van der Waals surface area contributed by atoms with Gasteiger partial charge in [0.1, 0.15) is 17.5 Å². The lowest BCUT2D eigenvalue weighted by Gasteiger charge is -2.17. The minimum absolute atomic E-state index is 0.0231. The zero-order valence-corrected chi connectivity index (χ0v) is 19.2. The summed E-state index contributed by atoms with van der Waals surface area (Å²) in [5.41, 5.74) is 2.94. The fourth-order valence-electron chi connectivity index (χ4n) is 3.72. The van der Waals surface area contributed by atoms with Gasteiger partial charge in [0.25, 0.3) is 0 Å². The Bertz CT molecular complexity index is 1110. The van der Waals surface area contributed by atoms with Crippen molar-refractivity contribution in [3.8, 4) is 0 Å². The molecule has 1 saturated heterocycles. The van der Waals surface area contributed by atoms with Gasteiger partial charge < -0.3 is 15.3 Å². The molecule has 1 atom stereocenters. The molecule has 4 rings (SSSR count). The topological polar surface area (TPSA) is 91.2 Å². The number of aryl methyl sites for hydroxylation is 3. The molecule has 3 heterocycles. The number of β-amino-alcohol motifs (C(OH)–C–C–N with tert-alkyl or cyclic N) is 1. The Balaban J connectivity index is 1.48. The molecule has 0 aliphatic carbocycles. The Morgan fingerprint density at radius 2 is 2.10 bits per heavy atom. The first-order chi connectivity index (χ1) is 14.8. The minimum Gasteiger partial charge on any atom is -0.391 e. The molecule has 1 aliphatic rings. The van der Waals surface area contributed by atoms with Gasteiger partial charge in [0.05, 0.1) is 17.2 Å². The maximum absolute atomic E-state index is 12.8. The van der Waals surface area contributed by atoms with Crippen molar-refractivity contribution in [2.75, 3.05) is 23.3 Å². The third-order valence-electron chi connectivity index (χ3n) is 5.23. The summed E-state index contributed by atoms with van der Waals surface area (Å²) in [6, 6.07) is 5.75. The Morgan fingerprint density at radius 3 is 2.81 bits per heavy atom. The normalized spacial score (nSPS) is 16.0. The second-order valence-corrected chi connectivity index (χ2v) is 9.28. The Morgan fingerprint density at radius 1 is 1.29 bits per heavy atom. The van der Waals surface area contributed by atoms with E-state index in [0.29, 0.717) is 33.2 Å². The smallest absolute Gasteiger partial charge is 0.188 e. The lowest BCUT2D eigenvalue weighted by Crippen LogP contribution is -2.22. The number of nitrogens with zero attached hydrogens (tertiary/aromatic N) is 4. The summed E-state index contributed by atoms with van der Waals surface area (Å²) in [6.45, 7) is 7.10. The molecule has 31 heavy (non-hydrogen) atoms. The molecule has 9 heteroatoms. The van der Waals surface area contributed by atoms with Gasteiger partial charge in [-0.3, -0.25) is 4.79 Å². The third-order valence-corrected chi connectivity index (χ3v) is 6.52. The fraction of sp³-hybridized carbons (Fsp3) is 0.364. The van der Waals surface area contributed by atoms with Gasteiger partial charge in [0.15, 0.2) is 10.9 Å². The molecule has 0 saturated carbocycles. The average molecular weight is 458 g/mol. The van der Waals surface area contributed by atoms with Crippen LogP contribution in [0.4, 0.5) is 16.8 Å². The molecule has 1 aromatic carbocycles. The number of thiazole rings is 1. The highest BCUT2D eigenvalue weighted by molar-refractivity contribution is 7.17. The first-order valence-electron chi connectivity index (χ1n) is 10.1. The molecule has 0 bridgehead atoms. The molecule has 162 valence electrons. The third kappa shape index (κ3) is 5.03. The zero-order chi connectivity index (χ0) is 22.1. The van der Waals surface area contributed by atoms with Gasteiger partial charge in [-0.2, -0.15) is 0 Å². The molecule has 2 N–H and O–H groups in total. The number of aliphatic hydroxyl groups excluding tert-OH is 1. The largest absolute Gasteiger partial charge is 0.391 e. The number of ketones is 1. The van der Waals surface area contributed by atoms with Crippen LogP contribution in [0, 0.1) is 20.8 Å². The van der Waals surface area contributed by atoms with E-state index in [1.165, 1.54) is 11.3 Å². The maximum Gasteiger partial charge on any atom is 0.188 e. The Hall–Kier alpha value is -2.55. The summed E-state index contributed by atoms with van der Waals surface area (Å²) < 4.78 is 0. The van der Waals surface area contributed by atoms with Crippen LogP contribution >= 0.6 is 22.9 Å². The van der Waals surface area contributed by atoms with Crippen LogP contribution in [0.1, 0.15) is 38.6 Å². The molecule has 1 unspecified atom stereocenters. The molecule has 1 fully saturated rings. The molecule has 7 nitrogen and oxygen atoms in total. The number of halogens is 1. The van der Waals surface area contributed by atoms with Crippen molar-refractivity contribution in [1.29, 1.82) is 0 Å². The number of Topliss-reactive ketones (excluding diaryl/α,β-unsaturated/α-hetero) is 1. The SMILES string of the molecule is Cc1cc(C)c(CC(=O)c2cnc(Nc3cc(N4CCC(O)C4)nc(C)n3)s2)c(Cl)c1. The Labute approximate surface area is 190 Å². The monoisotopic (exact) mass is 457 g/mol. The van der Waals surface area contributed by atoms with Crippen LogP contribution in [0.3, 0.4) is 0 Å². The van der Waals surface area contributed by atoms with Crippen LogP contribution in [0.15, 0.2) is 24.4 Å². The number of carbonyl (C=O) groups excluding carboxylic acids is 1. The maximum atomic E-state index is 12.8. The van der Waals surface area contributed by atoms with Crippen LogP contribution in [0.2, 0.25) is 5.02 Å². The molecule has 0 radical (unpaired) electrons. The number of hydrogen-bond acceptors (Lipinski definition) is 8. The second kappa shape index (κ2) is 8.90. The van der Waals surface area contributed by atoms with Gasteiger partial charge in [-0.15, -0.1) is 0 Å². The van der Waals surface area contributed by atoms with Gasteiger partial charge in [-0.05, 0) is 49.9 Å². The quantitative estimate of drug-likeness (QED) is 0.534. The summed E-state index contributed by atoms with van der Waals surface area (Å²) in [5.74, 6) is 1.97. The highest BCUT2D eigenvalue weighted by Gasteiger charge is 2.22. The summed E-state index contributed by atoms with van der Waals surface area (Å²) >= 11 is 7.65. The van der Waals surface area contributed by atoms with E-state index in [4.69, 9.17) is 11.6 Å². The Kier molecular flexibility index (Phi) is 6.22. The van der Waals surface area contributed by atoms with Crippen LogP contribution in [-0.4, -0.2) is 45.0 Å². The van der Waals surface area contributed by atoms with Gasteiger partial charge in [-0.25, -0.2) is 15.0 Å². The number of aliphatic hydroxyl groups is 1. The van der Waals surface area contributed by atoms with E-state index in [0.717, 1.165) is 35.5 Å². The molecule has 0 spiro atoms. The predicted molar refractivity (Wildman–Crippen MR) is 124 cm³/mol. The predicted octanol–water partition coefficient (Wildman–Crippen LogP) is 4.25. The highest BCUT2D eigenvalue weighted by Crippen LogP contribution is 2.28. The van der Waals surface area contributed by atoms with Gasteiger partial charge >= 0.3 is 0 Å². The van der Waals surface area contributed by atoms with E-state index >= 15 is 0 Å². The molecule has 1 aliphatic heterocycles. The standard InChI is InChI=1S/C22H24ClN5O2S/c1-12-6-13(2)16(17(23)7-12)8-18(30)19-10-24-22(31-19)27-20-9-21(26-14(3)25-20)28-5-4-15(29)11-28/h6-7,9-10,15,29H,4-5,8,11H2,1-3H3,(H,24,25,26,27). The number of rotatable bonds is 6. The van der Waals surface area contributed by atoms with Crippen LogP contribution < -0.4 is 10.2 Å². The number of benzene rings is 1. The first kappa shape index (κ1) is 21.7. The minimum atomic E-state index is -0.329. The van der Waals surface area contributed by atoms with Crippen molar-refractivity contribution in [1.82, 2.24) is 15.0 Å². The van der Waals surface area contributed by atoms with Crippen LogP contribution in [-0.2, 0) is 6.42 Å². The summed E-state index contributed by atoms with van der Waals surface area (Å²) in [7, 11) is 0. The number of hydrogen-bond donors (Lipinski definition) is 2. The lowest BCUT2D eigenvalue weighted by atomic mass is 10.0. The van der Waals surface area contributed by atoms with Crippen molar-refractivity contribution in [3.63, 3.8) is 0 Å². The van der Waals surface area contributed by atoms with E-state index in [1.807, 2.05) is 43.9 Å². The van der Waals surface area contributed by atoms with E-state index in [2.05, 4.69) is 20.3 Å². The highest BCUT2D eigenvalue weighted by atomic mass is 35.5. The van der Waals surface area contributed by atoms with Gasteiger partial charge in [-0.1, -0.05) is 29.0 Å². The number of nitrogens with one attached hydrogen (secondary N) is 1. The summed E-state index contributed by atoms with van der Waals surface area (Å²) in [5, 5.41) is 14.2. The summed E-state index contributed by atoms with van der Waals surface area (Å²) in [4.78, 5) is 28.7. The van der Waals surface area contributed by atoms with Crippen molar-refractivity contribution in [3.05, 3.63) is 56.8 Å². The number of aromatic nitrogens is 3.